The molecule has 0 spiro atoms. The quantitative estimate of drug-likeness (QED) is 0.511. The van der Waals surface area contributed by atoms with E-state index in [0.717, 1.165) is 40.1 Å². The number of carbonyl (C=O) groups excluding carboxylic acids is 2. The highest BCUT2D eigenvalue weighted by molar-refractivity contribution is 5.94. The van der Waals surface area contributed by atoms with Crippen molar-refractivity contribution in [3.05, 3.63) is 84.9 Å². The van der Waals surface area contributed by atoms with E-state index in [9.17, 15) is 9.59 Å². The van der Waals surface area contributed by atoms with Gasteiger partial charge in [0.2, 0.25) is 11.8 Å². The molecule has 0 bridgehead atoms. The molecule has 0 unspecified atom stereocenters. The maximum Gasteiger partial charge on any atom is 0.244 e. The molecule has 2 heterocycles. The molecule has 1 saturated heterocycles. The van der Waals surface area contributed by atoms with Crippen molar-refractivity contribution in [3.63, 3.8) is 0 Å². The first-order chi connectivity index (χ1) is 15.7. The molecule has 2 amide bonds. The van der Waals surface area contributed by atoms with Gasteiger partial charge in [0.25, 0.3) is 0 Å². The van der Waals surface area contributed by atoms with Crippen LogP contribution in [0.25, 0.3) is 22.2 Å². The molecule has 1 aromatic heterocycles. The largest absolute Gasteiger partial charge is 0.360 e. The minimum absolute atomic E-state index is 0.0294. The molecule has 32 heavy (non-hydrogen) atoms. The first-order valence-electron chi connectivity index (χ1n) is 10.7. The van der Waals surface area contributed by atoms with E-state index in [1.807, 2.05) is 65.6 Å². The number of fused-ring (bicyclic) bond motifs is 1. The Bertz CT molecular complexity index is 1260. The van der Waals surface area contributed by atoms with Gasteiger partial charge in [-0.3, -0.25) is 9.59 Å². The summed E-state index contributed by atoms with van der Waals surface area (Å²) in [5.41, 5.74) is 4.82. The van der Waals surface area contributed by atoms with Crippen LogP contribution in [0.3, 0.4) is 0 Å². The van der Waals surface area contributed by atoms with E-state index in [-0.39, 0.29) is 18.4 Å². The third kappa shape index (κ3) is 4.07. The van der Waals surface area contributed by atoms with Crippen LogP contribution in [0.15, 0.2) is 84.9 Å². The van der Waals surface area contributed by atoms with Gasteiger partial charge in [-0.1, -0.05) is 48.5 Å². The predicted molar refractivity (Wildman–Crippen MR) is 128 cm³/mol. The molecule has 0 aliphatic carbocycles. The lowest BCUT2D eigenvalue weighted by Gasteiger charge is -2.28. The Morgan fingerprint density at radius 3 is 2.47 bits per heavy atom. The highest BCUT2D eigenvalue weighted by Gasteiger charge is 2.17. The summed E-state index contributed by atoms with van der Waals surface area (Å²) in [6.45, 7) is 1.99. The van der Waals surface area contributed by atoms with Gasteiger partial charge in [-0.15, -0.1) is 0 Å². The molecule has 6 nitrogen and oxygen atoms in total. The van der Waals surface area contributed by atoms with Crippen LogP contribution >= 0.6 is 0 Å². The summed E-state index contributed by atoms with van der Waals surface area (Å²) in [6, 6.07) is 28.0. The molecule has 2 N–H and O–H groups in total. The smallest absolute Gasteiger partial charge is 0.244 e. The number of rotatable bonds is 5. The Hall–Kier alpha value is -4.06. The number of hydrogen-bond donors (Lipinski definition) is 2. The number of nitrogens with one attached hydrogen (secondary N) is 2. The standard InChI is InChI=1S/C26H24N4O2/c31-25-17-29(15-14-27-25)22-12-10-21(11-13-22)28-26(32)18-30-23-9-5-4-8-20(23)16-24(30)19-6-2-1-3-7-19/h1-13,16H,14-15,17-18H2,(H,27,31)(H,28,32). The fraction of sp³-hybridized carbons (Fsp3) is 0.154. The van der Waals surface area contributed by atoms with Crippen LogP contribution in [-0.4, -0.2) is 36.0 Å². The van der Waals surface area contributed by atoms with Crippen molar-refractivity contribution in [1.82, 2.24) is 9.88 Å². The van der Waals surface area contributed by atoms with E-state index in [2.05, 4.69) is 39.5 Å². The van der Waals surface area contributed by atoms with Gasteiger partial charge in [0.15, 0.2) is 0 Å². The summed E-state index contributed by atoms with van der Waals surface area (Å²) in [4.78, 5) is 26.6. The van der Waals surface area contributed by atoms with Crippen LogP contribution in [0, 0.1) is 0 Å². The molecule has 0 atom stereocenters. The van der Waals surface area contributed by atoms with Crippen LogP contribution in [0.1, 0.15) is 0 Å². The Balaban J connectivity index is 1.35. The molecule has 1 aliphatic rings. The topological polar surface area (TPSA) is 66.4 Å². The summed E-state index contributed by atoms with van der Waals surface area (Å²) in [7, 11) is 0. The van der Waals surface area contributed by atoms with Crippen molar-refractivity contribution >= 4 is 34.1 Å². The minimum Gasteiger partial charge on any atom is -0.360 e. The lowest BCUT2D eigenvalue weighted by atomic mass is 10.1. The maximum atomic E-state index is 12.9. The van der Waals surface area contributed by atoms with Crippen molar-refractivity contribution in [2.24, 2.45) is 0 Å². The van der Waals surface area contributed by atoms with E-state index in [0.29, 0.717) is 13.1 Å². The molecule has 3 aromatic carbocycles. The number of piperazine rings is 1. The highest BCUT2D eigenvalue weighted by Crippen LogP contribution is 2.28. The lowest BCUT2D eigenvalue weighted by molar-refractivity contribution is -0.120. The second-order valence-electron chi connectivity index (χ2n) is 7.91. The molecule has 0 saturated carbocycles. The van der Waals surface area contributed by atoms with Crippen molar-refractivity contribution in [2.75, 3.05) is 29.9 Å². The molecule has 4 aromatic rings. The number of anilines is 2. The van der Waals surface area contributed by atoms with Gasteiger partial charge in [0.1, 0.15) is 6.54 Å². The van der Waals surface area contributed by atoms with Crippen molar-refractivity contribution < 1.29 is 9.59 Å². The van der Waals surface area contributed by atoms with Crippen LogP contribution in [-0.2, 0) is 16.1 Å². The molecule has 6 heteroatoms. The fourth-order valence-electron chi connectivity index (χ4n) is 4.19. The number of amides is 2. The Labute approximate surface area is 186 Å². The van der Waals surface area contributed by atoms with E-state index in [1.54, 1.807) is 0 Å². The monoisotopic (exact) mass is 424 g/mol. The molecule has 1 fully saturated rings. The molecule has 0 radical (unpaired) electrons. The number of nitrogens with zero attached hydrogens (tertiary/aromatic N) is 2. The van der Waals surface area contributed by atoms with Gasteiger partial charge in [-0.25, -0.2) is 0 Å². The van der Waals surface area contributed by atoms with E-state index < -0.39 is 0 Å². The second kappa shape index (κ2) is 8.59. The normalized spacial score (nSPS) is 13.8. The van der Waals surface area contributed by atoms with Gasteiger partial charge in [-0.05, 0) is 42.0 Å². The molecular formula is C26H24N4O2. The van der Waals surface area contributed by atoms with Crippen LogP contribution in [0.4, 0.5) is 11.4 Å². The maximum absolute atomic E-state index is 12.9. The molecular weight excluding hydrogens is 400 g/mol. The predicted octanol–water partition coefficient (Wildman–Crippen LogP) is 3.88. The number of carbonyl (C=O) groups is 2. The van der Waals surface area contributed by atoms with E-state index >= 15 is 0 Å². The number of aromatic nitrogens is 1. The first-order valence-corrected chi connectivity index (χ1v) is 10.7. The zero-order valence-electron chi connectivity index (χ0n) is 17.6. The first kappa shape index (κ1) is 19.9. The zero-order valence-corrected chi connectivity index (χ0v) is 17.6. The summed E-state index contributed by atoms with van der Waals surface area (Å²) in [5.74, 6) is -0.0598. The van der Waals surface area contributed by atoms with Gasteiger partial charge >= 0.3 is 0 Å². The minimum atomic E-state index is -0.0892. The third-order valence-electron chi connectivity index (χ3n) is 5.74. The van der Waals surface area contributed by atoms with Crippen LogP contribution in [0.2, 0.25) is 0 Å². The van der Waals surface area contributed by atoms with Gasteiger partial charge in [0, 0.05) is 41.1 Å². The Morgan fingerprint density at radius 2 is 1.69 bits per heavy atom. The van der Waals surface area contributed by atoms with Crippen LogP contribution < -0.4 is 15.5 Å². The molecule has 1 aliphatic heterocycles. The van der Waals surface area contributed by atoms with E-state index in [1.165, 1.54) is 0 Å². The average molecular weight is 425 g/mol. The number of para-hydroxylation sites is 1. The Morgan fingerprint density at radius 1 is 0.938 bits per heavy atom. The van der Waals surface area contributed by atoms with Gasteiger partial charge in [0.05, 0.1) is 6.54 Å². The number of benzene rings is 3. The summed E-state index contributed by atoms with van der Waals surface area (Å²) in [6.07, 6.45) is 0. The van der Waals surface area contributed by atoms with Crippen molar-refractivity contribution in [3.8, 4) is 11.3 Å². The third-order valence-corrected chi connectivity index (χ3v) is 5.74. The number of hydrogen-bond acceptors (Lipinski definition) is 3. The van der Waals surface area contributed by atoms with Gasteiger partial charge < -0.3 is 20.1 Å². The lowest BCUT2D eigenvalue weighted by Crippen LogP contribution is -2.47. The van der Waals surface area contributed by atoms with Gasteiger partial charge in [-0.2, -0.15) is 0 Å². The molecule has 5 rings (SSSR count). The fourth-order valence-corrected chi connectivity index (χ4v) is 4.19. The Kier molecular flexibility index (Phi) is 5.34. The zero-order chi connectivity index (χ0) is 21.9. The summed E-state index contributed by atoms with van der Waals surface area (Å²) in [5, 5.41) is 6.94. The SMILES string of the molecule is O=C1CN(c2ccc(NC(=O)Cn3c(-c4ccccc4)cc4ccccc43)cc2)CCN1. The summed E-state index contributed by atoms with van der Waals surface area (Å²) < 4.78 is 2.06. The van der Waals surface area contributed by atoms with Crippen molar-refractivity contribution in [2.45, 2.75) is 6.54 Å². The highest BCUT2D eigenvalue weighted by atomic mass is 16.2. The average Bonchev–Trinajstić information content (AvgIpc) is 3.18. The second-order valence-corrected chi connectivity index (χ2v) is 7.91. The molecule has 160 valence electrons. The van der Waals surface area contributed by atoms with Crippen molar-refractivity contribution in [1.29, 1.82) is 0 Å². The van der Waals surface area contributed by atoms with E-state index in [4.69, 9.17) is 0 Å². The summed E-state index contributed by atoms with van der Waals surface area (Å²) >= 11 is 0. The van der Waals surface area contributed by atoms with Crippen LogP contribution in [0.5, 0.6) is 0 Å².